The molecule has 0 aliphatic carbocycles. The van der Waals surface area contributed by atoms with Crippen LogP contribution in [0.4, 0.5) is 0 Å². The van der Waals surface area contributed by atoms with E-state index >= 15 is 0 Å². The van der Waals surface area contributed by atoms with Crippen LogP contribution in [-0.2, 0) is 6.54 Å². The summed E-state index contributed by atoms with van der Waals surface area (Å²) in [4.78, 5) is 15.2. The molecule has 1 aliphatic heterocycles. The van der Waals surface area contributed by atoms with Crippen LogP contribution >= 0.6 is 11.3 Å². The molecule has 0 radical (unpaired) electrons. The Hall–Kier alpha value is -1.14. The molecular formula is C16H29N5S. The second-order valence-corrected chi connectivity index (χ2v) is 7.04. The summed E-state index contributed by atoms with van der Waals surface area (Å²) in [5, 5.41) is 4.64. The Kier molecular flexibility index (Phi) is 6.20. The molecule has 1 aliphatic rings. The number of nitrogens with one attached hydrogen (secondary N) is 1. The normalized spacial score (nSPS) is 19.3. The molecule has 22 heavy (non-hydrogen) atoms. The van der Waals surface area contributed by atoms with Gasteiger partial charge in [-0.15, -0.1) is 11.3 Å². The van der Waals surface area contributed by atoms with Gasteiger partial charge in [0.05, 0.1) is 17.2 Å². The third-order valence-corrected chi connectivity index (χ3v) is 5.48. The van der Waals surface area contributed by atoms with Crippen molar-refractivity contribution in [2.45, 2.75) is 46.7 Å². The van der Waals surface area contributed by atoms with E-state index in [9.17, 15) is 0 Å². The first kappa shape index (κ1) is 17.2. The van der Waals surface area contributed by atoms with Crippen LogP contribution in [0, 0.1) is 13.8 Å². The smallest absolute Gasteiger partial charge is 0.193 e. The van der Waals surface area contributed by atoms with Crippen LogP contribution in [0.5, 0.6) is 0 Å². The van der Waals surface area contributed by atoms with Gasteiger partial charge in [-0.3, -0.25) is 9.89 Å². The zero-order valence-corrected chi connectivity index (χ0v) is 15.3. The molecule has 1 atom stereocenters. The van der Waals surface area contributed by atoms with Crippen molar-refractivity contribution in [2.75, 3.05) is 33.2 Å². The molecule has 1 saturated heterocycles. The van der Waals surface area contributed by atoms with Crippen molar-refractivity contribution in [1.29, 1.82) is 0 Å². The van der Waals surface area contributed by atoms with Crippen LogP contribution in [-0.4, -0.2) is 60.0 Å². The highest BCUT2D eigenvalue weighted by Crippen LogP contribution is 2.18. The molecule has 2 heterocycles. The molecule has 1 aromatic rings. The number of aliphatic imine (C=N–C) groups is 1. The highest BCUT2D eigenvalue weighted by atomic mass is 32.1. The molecule has 1 N–H and O–H groups in total. The Morgan fingerprint density at radius 3 is 2.68 bits per heavy atom. The van der Waals surface area contributed by atoms with Crippen LogP contribution in [0.15, 0.2) is 4.99 Å². The van der Waals surface area contributed by atoms with Gasteiger partial charge < -0.3 is 10.2 Å². The summed E-state index contributed by atoms with van der Waals surface area (Å²) in [7, 11) is 1.87. The zero-order chi connectivity index (χ0) is 16.1. The van der Waals surface area contributed by atoms with Gasteiger partial charge in [-0.05, 0) is 33.4 Å². The van der Waals surface area contributed by atoms with E-state index in [1.54, 1.807) is 11.3 Å². The third-order valence-electron chi connectivity index (χ3n) is 4.41. The van der Waals surface area contributed by atoms with Crippen molar-refractivity contribution in [1.82, 2.24) is 20.1 Å². The summed E-state index contributed by atoms with van der Waals surface area (Å²) >= 11 is 1.77. The molecule has 124 valence electrons. The molecule has 5 nitrogen and oxygen atoms in total. The average Bonchev–Trinajstić information content (AvgIpc) is 3.09. The molecule has 0 amide bonds. The lowest BCUT2D eigenvalue weighted by atomic mass is 10.2. The van der Waals surface area contributed by atoms with E-state index < -0.39 is 0 Å². The van der Waals surface area contributed by atoms with Crippen molar-refractivity contribution in [3.8, 4) is 0 Å². The van der Waals surface area contributed by atoms with Crippen LogP contribution in [0.1, 0.15) is 35.8 Å². The minimum absolute atomic E-state index is 0.654. The molecule has 0 aromatic carbocycles. The molecule has 0 saturated carbocycles. The fourth-order valence-electron chi connectivity index (χ4n) is 3.20. The van der Waals surface area contributed by atoms with Gasteiger partial charge in [0, 0.05) is 31.1 Å². The highest BCUT2D eigenvalue weighted by Gasteiger charge is 2.28. The molecule has 1 aromatic heterocycles. The van der Waals surface area contributed by atoms with Crippen LogP contribution in [0.2, 0.25) is 0 Å². The monoisotopic (exact) mass is 323 g/mol. The van der Waals surface area contributed by atoms with Gasteiger partial charge >= 0.3 is 0 Å². The first-order valence-electron chi connectivity index (χ1n) is 8.21. The van der Waals surface area contributed by atoms with Gasteiger partial charge in [0.1, 0.15) is 0 Å². The fraction of sp³-hybridized carbons (Fsp3) is 0.750. The summed E-state index contributed by atoms with van der Waals surface area (Å²) in [6.07, 6.45) is 1.22. The number of guanidine groups is 1. The van der Waals surface area contributed by atoms with Crippen molar-refractivity contribution < 1.29 is 0 Å². The second kappa shape index (κ2) is 7.92. The SMILES string of the molecule is CCN(CC)C1CCN(C(=NC)NCc2sc(C)nc2C)C1. The molecule has 0 spiro atoms. The van der Waals surface area contributed by atoms with E-state index in [1.165, 1.54) is 11.3 Å². The Morgan fingerprint density at radius 2 is 2.14 bits per heavy atom. The minimum atomic E-state index is 0.654. The Bertz CT molecular complexity index is 507. The molecular weight excluding hydrogens is 294 g/mol. The number of likely N-dealkylation sites (N-methyl/N-ethyl adjacent to an activating group) is 1. The van der Waals surface area contributed by atoms with E-state index in [1.807, 2.05) is 7.05 Å². The van der Waals surface area contributed by atoms with Gasteiger partial charge in [-0.2, -0.15) is 0 Å². The summed E-state index contributed by atoms with van der Waals surface area (Å²) in [5.41, 5.74) is 1.13. The maximum atomic E-state index is 4.49. The maximum absolute atomic E-state index is 4.49. The van der Waals surface area contributed by atoms with Crippen LogP contribution < -0.4 is 5.32 Å². The lowest BCUT2D eigenvalue weighted by Gasteiger charge is -2.27. The predicted octanol–water partition coefficient (Wildman–Crippen LogP) is 2.25. The van der Waals surface area contributed by atoms with Crippen molar-refractivity contribution in [2.24, 2.45) is 4.99 Å². The Labute approximate surface area is 138 Å². The highest BCUT2D eigenvalue weighted by molar-refractivity contribution is 7.11. The van der Waals surface area contributed by atoms with Crippen molar-refractivity contribution in [3.63, 3.8) is 0 Å². The lowest BCUT2D eigenvalue weighted by Crippen LogP contribution is -2.43. The number of aryl methyl sites for hydroxylation is 2. The number of rotatable bonds is 5. The fourth-order valence-corrected chi connectivity index (χ4v) is 4.08. The summed E-state index contributed by atoms with van der Waals surface area (Å²) in [6.45, 7) is 13.9. The largest absolute Gasteiger partial charge is 0.351 e. The first-order valence-corrected chi connectivity index (χ1v) is 9.03. The molecule has 1 unspecified atom stereocenters. The zero-order valence-electron chi connectivity index (χ0n) is 14.5. The molecule has 6 heteroatoms. The van der Waals surface area contributed by atoms with Gasteiger partial charge in [0.2, 0.25) is 0 Å². The second-order valence-electron chi connectivity index (χ2n) is 5.75. The number of nitrogens with zero attached hydrogens (tertiary/aromatic N) is 4. The van der Waals surface area contributed by atoms with Gasteiger partial charge in [0.15, 0.2) is 5.96 Å². The number of hydrogen-bond donors (Lipinski definition) is 1. The Balaban J connectivity index is 1.91. The number of thiazole rings is 1. The third kappa shape index (κ3) is 3.98. The Morgan fingerprint density at radius 1 is 1.41 bits per heavy atom. The van der Waals surface area contributed by atoms with Crippen LogP contribution in [0.3, 0.4) is 0 Å². The topological polar surface area (TPSA) is 43.8 Å². The predicted molar refractivity (Wildman–Crippen MR) is 94.7 cm³/mol. The van der Waals surface area contributed by atoms with Crippen molar-refractivity contribution in [3.05, 3.63) is 15.6 Å². The van der Waals surface area contributed by atoms with E-state index in [4.69, 9.17) is 0 Å². The molecule has 1 fully saturated rings. The van der Waals surface area contributed by atoms with Gasteiger partial charge in [-0.25, -0.2) is 4.98 Å². The quantitative estimate of drug-likeness (QED) is 0.667. The van der Waals surface area contributed by atoms with Crippen LogP contribution in [0.25, 0.3) is 0 Å². The lowest BCUT2D eigenvalue weighted by molar-refractivity contribution is 0.223. The van der Waals surface area contributed by atoms with E-state index in [-0.39, 0.29) is 0 Å². The number of aromatic nitrogens is 1. The average molecular weight is 324 g/mol. The standard InChI is InChI=1S/C16H29N5S/c1-6-20(7-2)14-8-9-21(11-14)16(17-5)18-10-15-12(3)19-13(4)22-15/h14H,6-11H2,1-5H3,(H,17,18). The minimum Gasteiger partial charge on any atom is -0.351 e. The van der Waals surface area contributed by atoms with E-state index in [0.29, 0.717) is 6.04 Å². The van der Waals surface area contributed by atoms with Crippen molar-refractivity contribution >= 4 is 17.3 Å². The molecule has 0 bridgehead atoms. The summed E-state index contributed by atoms with van der Waals surface area (Å²) in [6, 6.07) is 0.654. The number of likely N-dealkylation sites (tertiary alicyclic amines) is 1. The maximum Gasteiger partial charge on any atom is 0.193 e. The van der Waals surface area contributed by atoms with Gasteiger partial charge in [-0.1, -0.05) is 13.8 Å². The van der Waals surface area contributed by atoms with E-state index in [2.05, 4.69) is 52.8 Å². The van der Waals surface area contributed by atoms with Gasteiger partial charge in [0.25, 0.3) is 0 Å². The summed E-state index contributed by atoms with van der Waals surface area (Å²) < 4.78 is 0. The first-order chi connectivity index (χ1) is 10.6. The molecule has 2 rings (SSSR count). The summed E-state index contributed by atoms with van der Waals surface area (Å²) in [5.74, 6) is 1.01. The number of hydrogen-bond acceptors (Lipinski definition) is 4. The van der Waals surface area contributed by atoms with E-state index in [0.717, 1.165) is 49.4 Å².